The Morgan fingerprint density at radius 1 is 1.13 bits per heavy atom. The van der Waals surface area contributed by atoms with Gasteiger partial charge in [0.15, 0.2) is 29.8 Å². The van der Waals surface area contributed by atoms with Gasteiger partial charge in [-0.15, -0.1) is 0 Å². The number of rotatable bonds is 6. The second kappa shape index (κ2) is 14.5. The Morgan fingerprint density at radius 2 is 1.87 bits per heavy atom. The number of nitrogens with zero attached hydrogens (tertiary/aromatic N) is 3. The minimum Gasteiger partial charge on any atom is -0.493 e. The average molecular weight is 769 g/mol. The van der Waals surface area contributed by atoms with Crippen molar-refractivity contribution in [3.05, 3.63) is 45.4 Å². The van der Waals surface area contributed by atoms with Crippen LogP contribution in [0, 0.1) is 24.2 Å². The van der Waals surface area contributed by atoms with Crippen LogP contribution in [0.5, 0.6) is 11.5 Å². The quantitative estimate of drug-likeness (QED) is 0.254. The Bertz CT molecular complexity index is 1840. The van der Waals surface area contributed by atoms with Gasteiger partial charge < -0.3 is 43.2 Å². The number of amides is 1. The third-order valence-electron chi connectivity index (χ3n) is 11.1. The second-order valence-corrected chi connectivity index (χ2v) is 16.7. The van der Waals surface area contributed by atoms with Crippen molar-refractivity contribution >= 4 is 29.8 Å². The monoisotopic (exact) mass is 768 g/mol. The summed E-state index contributed by atoms with van der Waals surface area (Å²) in [5.74, 6) is 0.609. The lowest BCUT2D eigenvalue weighted by Gasteiger charge is -2.64. The number of ether oxygens (including phenoxy) is 8. The van der Waals surface area contributed by atoms with E-state index < -0.39 is 65.1 Å². The van der Waals surface area contributed by atoms with Crippen molar-refractivity contribution in [3.8, 4) is 17.6 Å². The van der Waals surface area contributed by atoms with Gasteiger partial charge in [0.1, 0.15) is 30.4 Å². The summed E-state index contributed by atoms with van der Waals surface area (Å²) in [4.78, 5) is 44.2. The summed E-state index contributed by atoms with van der Waals surface area (Å²) in [6.45, 7) is 10.2. The molecule has 7 rings (SSSR count). The van der Waals surface area contributed by atoms with Crippen molar-refractivity contribution in [2.45, 2.75) is 101 Å². The highest BCUT2D eigenvalue weighted by Gasteiger charge is 2.64. The Kier molecular flexibility index (Phi) is 10.2. The standard InChI is InChI=1S/C38H48N4O11S/c1-17-10-20-11-22-23(12-39)42-24-13-48-36(44)21(40-37(45)53-38(4,5)6)14-54-35(27-26(24)34-32(50-16-51-34)18(2)31(27)52-19(3)43)29(42)28(41(22)7)25(20)33(30(17)47-9)49-15-46-8/h10,21-24,27-29,31,35H,11,13-16H2,1-9H3,(H,40,45)/t21?,22-,23?,24-,27?,28+,29?,31?,35+/m0/s1. The zero-order valence-electron chi connectivity index (χ0n) is 32.0. The largest absolute Gasteiger partial charge is 0.493 e. The fraction of sp³-hybridized carbons (Fsp3) is 0.632. The van der Waals surface area contributed by atoms with E-state index in [1.165, 1.54) is 18.7 Å². The van der Waals surface area contributed by atoms with Crippen molar-refractivity contribution in [1.29, 1.82) is 5.26 Å². The summed E-state index contributed by atoms with van der Waals surface area (Å²) >= 11 is 1.45. The molecule has 5 aliphatic heterocycles. The molecule has 5 heterocycles. The molecule has 4 bridgehead atoms. The van der Waals surface area contributed by atoms with Gasteiger partial charge in [-0.05, 0) is 59.2 Å². The van der Waals surface area contributed by atoms with E-state index in [1.807, 2.05) is 20.9 Å². The van der Waals surface area contributed by atoms with E-state index >= 15 is 0 Å². The maximum atomic E-state index is 13.8. The average Bonchev–Trinajstić information content (AvgIpc) is 3.59. The molecule has 0 radical (unpaired) electrons. The molecule has 9 atom stereocenters. The molecular weight excluding hydrogens is 721 g/mol. The summed E-state index contributed by atoms with van der Waals surface area (Å²) in [6.07, 6.45) is -0.976. The fourth-order valence-electron chi connectivity index (χ4n) is 9.24. The summed E-state index contributed by atoms with van der Waals surface area (Å²) in [5.41, 5.74) is 3.48. The van der Waals surface area contributed by atoms with Gasteiger partial charge in [0, 0.05) is 59.7 Å². The number of benzene rings is 1. The van der Waals surface area contributed by atoms with Crippen LogP contribution < -0.4 is 14.8 Å². The lowest BCUT2D eigenvalue weighted by Crippen LogP contribution is -2.75. The highest BCUT2D eigenvalue weighted by molar-refractivity contribution is 8.00. The number of thioether (sulfide) groups is 1. The summed E-state index contributed by atoms with van der Waals surface area (Å²) in [6, 6.07) is 1.24. The minimum absolute atomic E-state index is 0.0202. The Balaban J connectivity index is 1.46. The van der Waals surface area contributed by atoms with E-state index in [1.54, 1.807) is 35.0 Å². The first-order valence-electron chi connectivity index (χ1n) is 18.1. The van der Waals surface area contributed by atoms with Crippen molar-refractivity contribution in [1.82, 2.24) is 15.1 Å². The molecular formula is C38H48N4O11S. The molecule has 1 amide bonds. The molecule has 54 heavy (non-hydrogen) atoms. The van der Waals surface area contributed by atoms with E-state index in [0.29, 0.717) is 35.0 Å². The number of carbonyl (C=O) groups is 3. The zero-order chi connectivity index (χ0) is 38.8. The van der Waals surface area contributed by atoms with Crippen LogP contribution in [0.15, 0.2) is 28.7 Å². The molecule has 1 aromatic rings. The van der Waals surface area contributed by atoms with Crippen LogP contribution in [0.3, 0.4) is 0 Å². The molecule has 15 nitrogen and oxygen atoms in total. The molecule has 0 saturated carbocycles. The number of likely N-dealkylation sites (N-methyl/N-ethyl adjacent to an activating group) is 1. The first-order valence-corrected chi connectivity index (χ1v) is 19.1. The number of carbonyl (C=O) groups excluding carboxylic acids is 3. The first kappa shape index (κ1) is 38.1. The predicted molar refractivity (Wildman–Crippen MR) is 193 cm³/mol. The van der Waals surface area contributed by atoms with E-state index in [4.69, 9.17) is 37.9 Å². The third kappa shape index (κ3) is 6.32. The van der Waals surface area contributed by atoms with Gasteiger partial charge in [0.05, 0.1) is 25.3 Å². The summed E-state index contributed by atoms with van der Waals surface area (Å²) in [7, 11) is 5.19. The molecule has 4 saturated heterocycles. The summed E-state index contributed by atoms with van der Waals surface area (Å²) in [5, 5.41) is 13.4. The zero-order valence-corrected chi connectivity index (χ0v) is 32.9. The maximum Gasteiger partial charge on any atom is 0.408 e. The van der Waals surface area contributed by atoms with Gasteiger partial charge in [-0.2, -0.15) is 17.0 Å². The van der Waals surface area contributed by atoms with E-state index in [0.717, 1.165) is 22.3 Å². The van der Waals surface area contributed by atoms with Crippen LogP contribution in [0.1, 0.15) is 57.4 Å². The van der Waals surface area contributed by atoms with Crippen LogP contribution in [0.2, 0.25) is 0 Å². The van der Waals surface area contributed by atoms with Gasteiger partial charge >= 0.3 is 18.0 Å². The number of piperidine rings is 1. The number of fused-ring (bicyclic) bond motifs is 8. The molecule has 0 spiro atoms. The topological polar surface area (TPSA) is 167 Å². The Morgan fingerprint density at radius 3 is 2.54 bits per heavy atom. The number of hydrogen-bond donors (Lipinski definition) is 1. The Labute approximate surface area is 319 Å². The molecule has 0 aromatic heterocycles. The van der Waals surface area contributed by atoms with E-state index in [9.17, 15) is 19.6 Å². The number of aryl methyl sites for hydroxylation is 1. The van der Waals surface area contributed by atoms with Crippen LogP contribution >= 0.6 is 11.8 Å². The van der Waals surface area contributed by atoms with Crippen LogP contribution in [-0.4, -0.2) is 122 Å². The maximum absolute atomic E-state index is 13.8. The van der Waals surface area contributed by atoms with Gasteiger partial charge in [-0.1, -0.05) is 6.07 Å². The highest BCUT2D eigenvalue weighted by atomic mass is 32.2. The van der Waals surface area contributed by atoms with Gasteiger partial charge in [-0.25, -0.2) is 9.59 Å². The van der Waals surface area contributed by atoms with Crippen molar-refractivity contribution in [2.24, 2.45) is 5.92 Å². The third-order valence-corrected chi connectivity index (χ3v) is 12.6. The number of hydrogen-bond acceptors (Lipinski definition) is 15. The molecule has 16 heteroatoms. The van der Waals surface area contributed by atoms with E-state index in [2.05, 4.69) is 27.3 Å². The molecule has 4 fully saturated rings. The normalized spacial score (nSPS) is 31.7. The fourth-order valence-corrected chi connectivity index (χ4v) is 10.9. The predicted octanol–water partition coefficient (Wildman–Crippen LogP) is 3.49. The number of methoxy groups -OCH3 is 2. The van der Waals surface area contributed by atoms with Crippen molar-refractivity contribution in [3.63, 3.8) is 0 Å². The minimum atomic E-state index is -1.06. The van der Waals surface area contributed by atoms with Crippen LogP contribution in [-0.2, 0) is 44.4 Å². The van der Waals surface area contributed by atoms with Crippen molar-refractivity contribution in [2.75, 3.05) is 47.2 Å². The number of alkyl carbamates (subject to hydrolysis) is 1. The number of piperazine rings is 1. The molecule has 1 aliphatic carbocycles. The number of nitriles is 1. The number of cyclic esters (lactones) is 1. The lowest BCUT2D eigenvalue weighted by molar-refractivity contribution is -0.154. The van der Waals surface area contributed by atoms with Gasteiger partial charge in [0.2, 0.25) is 6.79 Å². The van der Waals surface area contributed by atoms with E-state index in [-0.39, 0.29) is 38.0 Å². The summed E-state index contributed by atoms with van der Waals surface area (Å²) < 4.78 is 47.8. The molecule has 6 aliphatic rings. The smallest absolute Gasteiger partial charge is 0.408 e. The SMILES string of the molecule is COCOc1c(OC)c(C)cc2c1[C@@H]1C3[C@@H]4SCC(NC(=O)OC(C)(C)C)C(=O)OC[C@@H](C5=C6OCOC6=C(C)C(OC(C)=O)C54)N3C(C#N)[C@H](C2)N1C. The van der Waals surface area contributed by atoms with Crippen LogP contribution in [0.4, 0.5) is 4.79 Å². The highest BCUT2D eigenvalue weighted by Crippen LogP contribution is 2.59. The van der Waals surface area contributed by atoms with Crippen molar-refractivity contribution < 1.29 is 52.3 Å². The van der Waals surface area contributed by atoms with Gasteiger partial charge in [0.25, 0.3) is 0 Å². The van der Waals surface area contributed by atoms with Crippen LogP contribution in [0.25, 0.3) is 0 Å². The molecule has 1 aromatic carbocycles. The lowest BCUT2D eigenvalue weighted by atomic mass is 9.66. The first-order chi connectivity index (χ1) is 25.7. The molecule has 5 unspecified atom stereocenters. The molecule has 292 valence electrons. The number of nitrogens with one attached hydrogen (secondary N) is 1. The number of esters is 2. The Hall–Kier alpha value is -4.17. The second-order valence-electron chi connectivity index (χ2n) is 15.5. The van der Waals surface area contributed by atoms with Gasteiger partial charge in [-0.3, -0.25) is 14.6 Å². The molecule has 1 N–H and O–H groups in total.